The lowest BCUT2D eigenvalue weighted by Gasteiger charge is -2.38. The summed E-state index contributed by atoms with van der Waals surface area (Å²) in [7, 11) is 1.65. The topological polar surface area (TPSA) is 35.2 Å². The summed E-state index contributed by atoms with van der Waals surface area (Å²) in [6, 6.07) is 6.21. The average molecular weight is 268 g/mol. The molecular formula is C15H22ClNO. The molecule has 2 rings (SSSR count). The lowest BCUT2D eigenvalue weighted by molar-refractivity contribution is 0.277. The van der Waals surface area contributed by atoms with Crippen molar-refractivity contribution < 1.29 is 4.74 Å². The van der Waals surface area contributed by atoms with E-state index in [1.807, 2.05) is 6.07 Å². The molecule has 0 amide bonds. The molecule has 18 heavy (non-hydrogen) atoms. The van der Waals surface area contributed by atoms with E-state index >= 15 is 0 Å². The summed E-state index contributed by atoms with van der Waals surface area (Å²) in [6.45, 7) is 0.740. The Hall–Kier alpha value is -0.730. The predicted octanol–water partition coefficient (Wildman–Crippen LogP) is 3.90. The number of hydrogen-bond acceptors (Lipinski definition) is 2. The monoisotopic (exact) mass is 267 g/mol. The minimum Gasteiger partial charge on any atom is -0.495 e. The first-order chi connectivity index (χ1) is 8.72. The SMILES string of the molecule is COc1ccc(C2(CCN)CCCCC2)cc1Cl. The highest BCUT2D eigenvalue weighted by molar-refractivity contribution is 6.32. The highest BCUT2D eigenvalue weighted by Gasteiger charge is 2.33. The van der Waals surface area contributed by atoms with Crippen LogP contribution in [0.25, 0.3) is 0 Å². The first-order valence-corrected chi connectivity index (χ1v) is 7.14. The number of benzene rings is 1. The van der Waals surface area contributed by atoms with E-state index in [0.29, 0.717) is 5.02 Å². The highest BCUT2D eigenvalue weighted by atomic mass is 35.5. The van der Waals surface area contributed by atoms with Crippen LogP contribution >= 0.6 is 11.6 Å². The van der Waals surface area contributed by atoms with Crippen molar-refractivity contribution in [1.82, 2.24) is 0 Å². The van der Waals surface area contributed by atoms with E-state index in [-0.39, 0.29) is 5.41 Å². The Labute approximate surface area is 114 Å². The Bertz CT molecular complexity index is 394. The van der Waals surface area contributed by atoms with Crippen LogP contribution in [-0.2, 0) is 5.41 Å². The van der Waals surface area contributed by atoms with Crippen LogP contribution in [0.2, 0.25) is 5.02 Å². The Kier molecular flexibility index (Phi) is 4.52. The van der Waals surface area contributed by atoms with E-state index < -0.39 is 0 Å². The van der Waals surface area contributed by atoms with Crippen LogP contribution in [0.3, 0.4) is 0 Å². The molecule has 0 heterocycles. The van der Waals surface area contributed by atoms with Crippen LogP contribution in [-0.4, -0.2) is 13.7 Å². The quantitative estimate of drug-likeness (QED) is 0.898. The fourth-order valence-corrected chi connectivity index (χ4v) is 3.44. The maximum absolute atomic E-state index is 6.25. The molecule has 2 N–H and O–H groups in total. The molecule has 1 aliphatic rings. The van der Waals surface area contributed by atoms with Gasteiger partial charge in [-0.25, -0.2) is 0 Å². The summed E-state index contributed by atoms with van der Waals surface area (Å²) in [5.74, 6) is 0.749. The van der Waals surface area contributed by atoms with Crippen LogP contribution in [0.4, 0.5) is 0 Å². The summed E-state index contributed by atoms with van der Waals surface area (Å²) in [6.07, 6.45) is 7.44. The van der Waals surface area contributed by atoms with Gasteiger partial charge in [-0.05, 0) is 48.9 Å². The Morgan fingerprint density at radius 2 is 2.00 bits per heavy atom. The molecule has 0 spiro atoms. The normalized spacial score (nSPS) is 18.6. The van der Waals surface area contributed by atoms with Gasteiger partial charge in [0.25, 0.3) is 0 Å². The minimum absolute atomic E-state index is 0.239. The summed E-state index contributed by atoms with van der Waals surface area (Å²) < 4.78 is 5.22. The maximum atomic E-state index is 6.25. The highest BCUT2D eigenvalue weighted by Crippen LogP contribution is 2.43. The third-order valence-corrected chi connectivity index (χ3v) is 4.49. The zero-order valence-corrected chi connectivity index (χ0v) is 11.8. The number of ether oxygens (including phenoxy) is 1. The summed E-state index contributed by atoms with van der Waals surface area (Å²) in [5.41, 5.74) is 7.39. The van der Waals surface area contributed by atoms with Crippen molar-refractivity contribution in [3.8, 4) is 5.75 Å². The lowest BCUT2D eigenvalue weighted by Crippen LogP contribution is -2.31. The van der Waals surface area contributed by atoms with Crippen molar-refractivity contribution in [1.29, 1.82) is 0 Å². The van der Waals surface area contributed by atoms with E-state index in [4.69, 9.17) is 22.1 Å². The van der Waals surface area contributed by atoms with Crippen molar-refractivity contribution in [3.05, 3.63) is 28.8 Å². The van der Waals surface area contributed by atoms with Crippen LogP contribution in [0, 0.1) is 0 Å². The van der Waals surface area contributed by atoms with Gasteiger partial charge in [-0.1, -0.05) is 36.9 Å². The van der Waals surface area contributed by atoms with Gasteiger partial charge in [-0.3, -0.25) is 0 Å². The fraction of sp³-hybridized carbons (Fsp3) is 0.600. The largest absolute Gasteiger partial charge is 0.495 e. The van der Waals surface area contributed by atoms with Crippen LogP contribution in [0.5, 0.6) is 5.75 Å². The van der Waals surface area contributed by atoms with Gasteiger partial charge < -0.3 is 10.5 Å². The zero-order valence-electron chi connectivity index (χ0n) is 11.0. The molecule has 0 unspecified atom stereocenters. The molecule has 0 atom stereocenters. The minimum atomic E-state index is 0.239. The molecule has 0 radical (unpaired) electrons. The smallest absolute Gasteiger partial charge is 0.137 e. The standard InChI is InChI=1S/C15H22ClNO/c1-18-14-6-5-12(11-13(14)16)15(9-10-17)7-3-2-4-8-15/h5-6,11H,2-4,7-10,17H2,1H3. The predicted molar refractivity (Wildman–Crippen MR) is 76.4 cm³/mol. The first kappa shape index (κ1) is 13.7. The average Bonchev–Trinajstić information content (AvgIpc) is 2.40. The molecule has 1 aromatic carbocycles. The van der Waals surface area contributed by atoms with E-state index in [1.54, 1.807) is 7.11 Å². The van der Waals surface area contributed by atoms with Crippen molar-refractivity contribution in [2.75, 3.05) is 13.7 Å². The van der Waals surface area contributed by atoms with Crippen LogP contribution in [0.15, 0.2) is 18.2 Å². The third-order valence-electron chi connectivity index (χ3n) is 4.20. The van der Waals surface area contributed by atoms with Gasteiger partial charge >= 0.3 is 0 Å². The Morgan fingerprint density at radius 1 is 1.28 bits per heavy atom. The second kappa shape index (κ2) is 5.94. The van der Waals surface area contributed by atoms with Crippen molar-refractivity contribution >= 4 is 11.6 Å². The van der Waals surface area contributed by atoms with Gasteiger partial charge in [0.2, 0.25) is 0 Å². The molecule has 0 saturated heterocycles. The number of methoxy groups -OCH3 is 1. The lowest BCUT2D eigenvalue weighted by atomic mass is 9.67. The number of halogens is 1. The molecule has 3 heteroatoms. The van der Waals surface area contributed by atoms with E-state index in [9.17, 15) is 0 Å². The van der Waals surface area contributed by atoms with Crippen LogP contribution in [0.1, 0.15) is 44.1 Å². The molecule has 2 nitrogen and oxygen atoms in total. The molecule has 1 aromatic rings. The molecule has 100 valence electrons. The maximum Gasteiger partial charge on any atom is 0.137 e. The molecule has 0 aliphatic heterocycles. The first-order valence-electron chi connectivity index (χ1n) is 6.76. The zero-order chi connectivity index (χ0) is 13.0. The van der Waals surface area contributed by atoms with Crippen molar-refractivity contribution in [2.24, 2.45) is 5.73 Å². The van der Waals surface area contributed by atoms with Crippen LogP contribution < -0.4 is 10.5 Å². The van der Waals surface area contributed by atoms with Gasteiger partial charge in [-0.15, -0.1) is 0 Å². The van der Waals surface area contributed by atoms with Crippen molar-refractivity contribution in [3.63, 3.8) is 0 Å². The van der Waals surface area contributed by atoms with Gasteiger partial charge in [-0.2, -0.15) is 0 Å². The molecular weight excluding hydrogens is 246 g/mol. The van der Waals surface area contributed by atoms with Gasteiger partial charge in [0.15, 0.2) is 0 Å². The Morgan fingerprint density at radius 3 is 2.56 bits per heavy atom. The van der Waals surface area contributed by atoms with Gasteiger partial charge in [0.1, 0.15) is 5.75 Å². The van der Waals surface area contributed by atoms with Gasteiger partial charge in [0.05, 0.1) is 12.1 Å². The van der Waals surface area contributed by atoms with Gasteiger partial charge in [0, 0.05) is 0 Å². The molecule has 0 bridgehead atoms. The molecule has 1 saturated carbocycles. The van der Waals surface area contributed by atoms with Crippen molar-refractivity contribution in [2.45, 2.75) is 43.9 Å². The second-order valence-corrected chi connectivity index (χ2v) is 5.64. The summed E-state index contributed by atoms with van der Waals surface area (Å²) in [5, 5.41) is 0.706. The fourth-order valence-electron chi connectivity index (χ4n) is 3.18. The van der Waals surface area contributed by atoms with E-state index in [2.05, 4.69) is 12.1 Å². The number of rotatable bonds is 4. The number of nitrogens with two attached hydrogens (primary N) is 1. The summed E-state index contributed by atoms with van der Waals surface area (Å²) >= 11 is 6.25. The van der Waals surface area contributed by atoms with E-state index in [1.165, 1.54) is 37.7 Å². The molecule has 0 aromatic heterocycles. The molecule has 1 aliphatic carbocycles. The van der Waals surface area contributed by atoms with E-state index in [0.717, 1.165) is 18.7 Å². The Balaban J connectivity index is 2.33. The third kappa shape index (κ3) is 2.65. The number of hydrogen-bond donors (Lipinski definition) is 1. The molecule has 1 fully saturated rings. The summed E-state index contributed by atoms with van der Waals surface area (Å²) in [4.78, 5) is 0. The second-order valence-electron chi connectivity index (χ2n) is 5.23.